The Morgan fingerprint density at radius 1 is 1.06 bits per heavy atom. The van der Waals surface area contributed by atoms with E-state index in [0.29, 0.717) is 30.1 Å². The van der Waals surface area contributed by atoms with Crippen LogP contribution in [0.1, 0.15) is 65.2 Å². The average molecular weight is 251 g/mol. The predicted octanol–water partition coefficient (Wildman–Crippen LogP) is 3.54. The number of hydrogen-bond donors (Lipinski definition) is 1. The molecule has 0 aromatic heterocycles. The van der Waals surface area contributed by atoms with Gasteiger partial charge in [0.05, 0.1) is 0 Å². The number of hydrogen-bond acceptors (Lipinski definition) is 2. The van der Waals surface area contributed by atoms with Crippen LogP contribution in [0, 0.1) is 23.2 Å². The topological polar surface area (TPSA) is 43.1 Å². The Kier molecular flexibility index (Phi) is 4.47. The number of carbonyl (C=O) groups excluding carboxylic acids is 1. The zero-order valence-corrected chi connectivity index (χ0v) is 12.1. The number of Topliss-reactive ketones (excluding diaryl/α,β-unsaturated/α-hetero) is 1. The zero-order chi connectivity index (χ0) is 13.2. The molecule has 0 spiro atoms. The number of rotatable bonds is 3. The first-order valence-electron chi connectivity index (χ1n) is 7.82. The molecule has 2 aliphatic carbocycles. The predicted molar refractivity (Wildman–Crippen MR) is 75.2 cm³/mol. The van der Waals surface area contributed by atoms with Crippen molar-refractivity contribution < 1.29 is 4.79 Å². The van der Waals surface area contributed by atoms with Gasteiger partial charge in [-0.2, -0.15) is 0 Å². The van der Waals surface area contributed by atoms with Crippen molar-refractivity contribution >= 4 is 5.78 Å². The van der Waals surface area contributed by atoms with Gasteiger partial charge in [0, 0.05) is 17.9 Å². The molecule has 0 aromatic carbocycles. The van der Waals surface area contributed by atoms with E-state index in [9.17, 15) is 4.79 Å². The summed E-state index contributed by atoms with van der Waals surface area (Å²) in [6.07, 6.45) is 9.26. The lowest BCUT2D eigenvalue weighted by atomic mass is 9.63. The minimum atomic E-state index is -0.153. The van der Waals surface area contributed by atoms with Gasteiger partial charge in [0.15, 0.2) is 0 Å². The number of carbonyl (C=O) groups is 1. The molecule has 2 fully saturated rings. The maximum absolute atomic E-state index is 12.9. The van der Waals surface area contributed by atoms with Gasteiger partial charge in [-0.1, -0.05) is 33.1 Å². The van der Waals surface area contributed by atoms with Crippen LogP contribution in [0.3, 0.4) is 0 Å². The molecule has 0 radical (unpaired) electrons. The fourth-order valence-corrected chi connectivity index (χ4v) is 4.37. The third kappa shape index (κ3) is 2.79. The van der Waals surface area contributed by atoms with Gasteiger partial charge < -0.3 is 5.73 Å². The van der Waals surface area contributed by atoms with Crippen molar-refractivity contribution in [2.24, 2.45) is 28.9 Å². The van der Waals surface area contributed by atoms with Crippen LogP contribution in [0.2, 0.25) is 0 Å². The molecule has 2 rings (SSSR count). The molecule has 0 saturated heterocycles. The second kappa shape index (κ2) is 5.73. The third-order valence-corrected chi connectivity index (χ3v) is 5.27. The number of nitrogens with two attached hydrogens (primary N) is 1. The van der Waals surface area contributed by atoms with Crippen LogP contribution in [-0.2, 0) is 4.79 Å². The first-order chi connectivity index (χ1) is 8.57. The fraction of sp³-hybridized carbons (Fsp3) is 0.938. The van der Waals surface area contributed by atoms with Gasteiger partial charge in [-0.25, -0.2) is 0 Å². The molecule has 2 saturated carbocycles. The zero-order valence-electron chi connectivity index (χ0n) is 12.1. The van der Waals surface area contributed by atoms with Crippen LogP contribution in [0.15, 0.2) is 0 Å². The lowest BCUT2D eigenvalue weighted by Crippen LogP contribution is -2.45. The SMILES string of the molecule is CC1CC(C)CC(C(=O)C2(CN)CCCCC2)C1. The molecule has 2 aliphatic rings. The van der Waals surface area contributed by atoms with Crippen LogP contribution in [0.5, 0.6) is 0 Å². The summed E-state index contributed by atoms with van der Waals surface area (Å²) in [4.78, 5) is 12.9. The summed E-state index contributed by atoms with van der Waals surface area (Å²) in [6, 6.07) is 0. The first kappa shape index (κ1) is 14.0. The molecule has 0 aliphatic heterocycles. The minimum absolute atomic E-state index is 0.153. The Morgan fingerprint density at radius 3 is 2.11 bits per heavy atom. The summed E-state index contributed by atoms with van der Waals surface area (Å²) in [6.45, 7) is 5.17. The van der Waals surface area contributed by atoms with Crippen molar-refractivity contribution in [3.63, 3.8) is 0 Å². The molecule has 2 unspecified atom stereocenters. The van der Waals surface area contributed by atoms with E-state index in [1.807, 2.05) is 0 Å². The van der Waals surface area contributed by atoms with Gasteiger partial charge in [-0.05, 0) is 43.9 Å². The highest BCUT2D eigenvalue weighted by Crippen LogP contribution is 2.43. The fourth-order valence-electron chi connectivity index (χ4n) is 4.37. The maximum atomic E-state index is 12.9. The summed E-state index contributed by atoms with van der Waals surface area (Å²) in [5, 5.41) is 0. The van der Waals surface area contributed by atoms with E-state index in [1.54, 1.807) is 0 Å². The molecule has 2 atom stereocenters. The molecule has 0 amide bonds. The Balaban J connectivity index is 2.08. The molecule has 0 aromatic rings. The van der Waals surface area contributed by atoms with Crippen molar-refractivity contribution in [3.05, 3.63) is 0 Å². The summed E-state index contributed by atoms with van der Waals surface area (Å²) < 4.78 is 0. The van der Waals surface area contributed by atoms with Gasteiger partial charge in [0.25, 0.3) is 0 Å². The maximum Gasteiger partial charge on any atom is 0.143 e. The molecule has 2 nitrogen and oxygen atoms in total. The largest absolute Gasteiger partial charge is 0.329 e. The normalized spacial score (nSPS) is 36.3. The first-order valence-corrected chi connectivity index (χ1v) is 7.82. The van der Waals surface area contributed by atoms with Crippen LogP contribution in [-0.4, -0.2) is 12.3 Å². The van der Waals surface area contributed by atoms with E-state index in [0.717, 1.165) is 25.7 Å². The van der Waals surface area contributed by atoms with Crippen molar-refractivity contribution in [1.29, 1.82) is 0 Å². The number of ketones is 1. The van der Waals surface area contributed by atoms with Crippen LogP contribution < -0.4 is 5.73 Å². The molecule has 0 heterocycles. The van der Waals surface area contributed by atoms with Crippen molar-refractivity contribution in [2.45, 2.75) is 65.2 Å². The van der Waals surface area contributed by atoms with Gasteiger partial charge in [0.2, 0.25) is 0 Å². The Bertz CT molecular complexity index is 283. The Hall–Kier alpha value is -0.370. The van der Waals surface area contributed by atoms with Crippen molar-refractivity contribution in [1.82, 2.24) is 0 Å². The monoisotopic (exact) mass is 251 g/mol. The van der Waals surface area contributed by atoms with Gasteiger partial charge in [-0.15, -0.1) is 0 Å². The van der Waals surface area contributed by atoms with E-state index < -0.39 is 0 Å². The molecule has 18 heavy (non-hydrogen) atoms. The molecular weight excluding hydrogens is 222 g/mol. The van der Waals surface area contributed by atoms with E-state index in [4.69, 9.17) is 5.73 Å². The molecule has 2 heteroatoms. The molecule has 104 valence electrons. The third-order valence-electron chi connectivity index (χ3n) is 5.27. The van der Waals surface area contributed by atoms with E-state index >= 15 is 0 Å². The van der Waals surface area contributed by atoms with Crippen molar-refractivity contribution in [2.75, 3.05) is 6.54 Å². The molecule has 2 N–H and O–H groups in total. The smallest absolute Gasteiger partial charge is 0.143 e. The van der Waals surface area contributed by atoms with Crippen LogP contribution in [0.25, 0.3) is 0 Å². The van der Waals surface area contributed by atoms with Gasteiger partial charge in [-0.3, -0.25) is 4.79 Å². The van der Waals surface area contributed by atoms with E-state index in [2.05, 4.69) is 13.8 Å². The molecular formula is C16H29NO. The highest BCUT2D eigenvalue weighted by atomic mass is 16.1. The minimum Gasteiger partial charge on any atom is -0.329 e. The Labute approximate surface area is 112 Å². The second-order valence-corrected chi connectivity index (χ2v) is 7.02. The van der Waals surface area contributed by atoms with Crippen LogP contribution in [0.4, 0.5) is 0 Å². The highest BCUT2D eigenvalue weighted by Gasteiger charge is 2.43. The van der Waals surface area contributed by atoms with Gasteiger partial charge >= 0.3 is 0 Å². The highest BCUT2D eigenvalue weighted by molar-refractivity contribution is 5.87. The van der Waals surface area contributed by atoms with E-state index in [1.165, 1.54) is 25.7 Å². The average Bonchev–Trinajstić information content (AvgIpc) is 2.37. The lowest BCUT2D eigenvalue weighted by molar-refractivity contribution is -0.136. The molecule has 0 bridgehead atoms. The van der Waals surface area contributed by atoms with Crippen molar-refractivity contribution in [3.8, 4) is 0 Å². The lowest BCUT2D eigenvalue weighted by Gasteiger charge is -2.40. The van der Waals surface area contributed by atoms with E-state index in [-0.39, 0.29) is 5.41 Å². The van der Waals surface area contributed by atoms with Gasteiger partial charge in [0.1, 0.15) is 5.78 Å². The summed E-state index contributed by atoms with van der Waals surface area (Å²) in [5.74, 6) is 2.23. The van der Waals surface area contributed by atoms with Crippen LogP contribution >= 0.6 is 0 Å². The Morgan fingerprint density at radius 2 is 1.61 bits per heavy atom. The standard InChI is InChI=1S/C16H29NO/c1-12-8-13(2)10-14(9-12)15(18)16(11-17)6-4-3-5-7-16/h12-14H,3-11,17H2,1-2H3. The quantitative estimate of drug-likeness (QED) is 0.833. The second-order valence-electron chi connectivity index (χ2n) is 7.02. The summed E-state index contributed by atoms with van der Waals surface area (Å²) in [5.41, 5.74) is 5.84. The summed E-state index contributed by atoms with van der Waals surface area (Å²) >= 11 is 0. The summed E-state index contributed by atoms with van der Waals surface area (Å²) in [7, 11) is 0.